The molecule has 0 aliphatic heterocycles. The van der Waals surface area contributed by atoms with Crippen molar-refractivity contribution in [3.63, 3.8) is 0 Å². The Morgan fingerprint density at radius 3 is 2.67 bits per heavy atom. The highest BCUT2D eigenvalue weighted by molar-refractivity contribution is 5.77. The van der Waals surface area contributed by atoms with E-state index in [1.807, 2.05) is 0 Å². The summed E-state index contributed by atoms with van der Waals surface area (Å²) in [7, 11) is 3.17. The largest absolute Gasteiger partial charge is 0.494 e. The zero-order valence-electron chi connectivity index (χ0n) is 14.8. The number of amides is 1. The van der Waals surface area contributed by atoms with Crippen molar-refractivity contribution in [2.75, 3.05) is 33.8 Å². The first-order valence-electron chi connectivity index (χ1n) is 8.39. The summed E-state index contributed by atoms with van der Waals surface area (Å²) in [5.41, 5.74) is -0.113. The molecule has 0 unspecified atom stereocenters. The summed E-state index contributed by atoms with van der Waals surface area (Å²) in [5.74, 6) is -2.85. The average Bonchev–Trinajstić information content (AvgIpc) is 2.54. The third-order valence-electron chi connectivity index (χ3n) is 3.65. The van der Waals surface area contributed by atoms with Crippen molar-refractivity contribution in [3.05, 3.63) is 29.8 Å². The molecule has 0 fully saturated rings. The van der Waals surface area contributed by atoms with Gasteiger partial charge in [-0.2, -0.15) is 8.78 Å². The van der Waals surface area contributed by atoms with E-state index in [0.717, 1.165) is 25.7 Å². The van der Waals surface area contributed by atoms with Crippen molar-refractivity contribution in [3.8, 4) is 5.75 Å². The topological polar surface area (TPSA) is 41.6 Å². The molecule has 6 heteroatoms. The Labute approximate surface area is 143 Å². The molecule has 0 bridgehead atoms. The highest BCUT2D eigenvalue weighted by Gasteiger charge is 2.31. The zero-order valence-corrected chi connectivity index (χ0v) is 14.8. The summed E-state index contributed by atoms with van der Waals surface area (Å²) in [4.78, 5) is 12.8. The van der Waals surface area contributed by atoms with Gasteiger partial charge < -0.3 is 15.0 Å². The monoisotopic (exact) mass is 342 g/mol. The van der Waals surface area contributed by atoms with Crippen LogP contribution in [-0.2, 0) is 10.7 Å². The average molecular weight is 342 g/mol. The second-order valence-electron chi connectivity index (χ2n) is 6.03. The van der Waals surface area contributed by atoms with Crippen molar-refractivity contribution < 1.29 is 18.3 Å². The van der Waals surface area contributed by atoms with Gasteiger partial charge in [0.05, 0.1) is 19.7 Å². The molecule has 1 rings (SSSR count). The Morgan fingerprint density at radius 2 is 2.00 bits per heavy atom. The van der Waals surface area contributed by atoms with E-state index in [1.54, 1.807) is 26.2 Å². The smallest absolute Gasteiger partial charge is 0.285 e. The molecule has 0 aromatic heterocycles. The van der Waals surface area contributed by atoms with Crippen LogP contribution >= 0.6 is 0 Å². The molecular weight excluding hydrogens is 314 g/mol. The van der Waals surface area contributed by atoms with Crippen LogP contribution in [0.25, 0.3) is 0 Å². The molecule has 136 valence electrons. The molecule has 0 atom stereocenters. The Morgan fingerprint density at radius 1 is 1.25 bits per heavy atom. The normalized spacial score (nSPS) is 11.4. The Kier molecular flexibility index (Phi) is 8.68. The molecular formula is C18H28F2N2O2. The number of hydrogen-bond donors (Lipinski definition) is 1. The van der Waals surface area contributed by atoms with Gasteiger partial charge in [-0.05, 0) is 18.6 Å². The maximum Gasteiger partial charge on any atom is 0.285 e. The molecule has 1 aromatic carbocycles. The van der Waals surface area contributed by atoms with E-state index in [9.17, 15) is 13.6 Å². The van der Waals surface area contributed by atoms with Gasteiger partial charge in [-0.25, -0.2) is 0 Å². The number of rotatable bonds is 11. The minimum Gasteiger partial charge on any atom is -0.494 e. The number of carbonyl (C=O) groups excluding carboxylic acids is 1. The van der Waals surface area contributed by atoms with Gasteiger partial charge in [0.2, 0.25) is 5.91 Å². The number of carbonyl (C=O) groups is 1. The lowest BCUT2D eigenvalue weighted by Crippen LogP contribution is -2.38. The lowest BCUT2D eigenvalue weighted by molar-refractivity contribution is -0.128. The van der Waals surface area contributed by atoms with E-state index < -0.39 is 12.5 Å². The standard InChI is InChI=1S/C18H28F2N2O2/c1-4-5-6-7-11-24-16-10-8-9-15(12-16)18(19,20)14-21-13-17(23)22(2)3/h8-10,12,21H,4-7,11,13-14H2,1-3H3. The van der Waals surface area contributed by atoms with Crippen molar-refractivity contribution in [2.24, 2.45) is 0 Å². The molecule has 0 spiro atoms. The number of likely N-dealkylation sites (N-methyl/N-ethyl adjacent to an activating group) is 1. The molecule has 0 saturated carbocycles. The van der Waals surface area contributed by atoms with Gasteiger partial charge in [0, 0.05) is 19.7 Å². The van der Waals surface area contributed by atoms with Gasteiger partial charge in [-0.3, -0.25) is 4.79 Å². The van der Waals surface area contributed by atoms with Crippen LogP contribution in [0.3, 0.4) is 0 Å². The fourth-order valence-corrected chi connectivity index (χ4v) is 2.12. The predicted octanol–water partition coefficient (Wildman–Crippen LogP) is 3.42. The molecule has 1 N–H and O–H groups in total. The van der Waals surface area contributed by atoms with Gasteiger partial charge in [0.15, 0.2) is 0 Å². The van der Waals surface area contributed by atoms with Crippen molar-refractivity contribution in [1.29, 1.82) is 0 Å². The SMILES string of the molecule is CCCCCCOc1cccc(C(F)(F)CNCC(=O)N(C)C)c1. The number of unbranched alkanes of at least 4 members (excludes halogenated alkanes) is 3. The molecule has 24 heavy (non-hydrogen) atoms. The molecule has 1 amide bonds. The quantitative estimate of drug-likeness (QED) is 0.627. The Bertz CT molecular complexity index is 508. The number of hydrogen-bond acceptors (Lipinski definition) is 3. The number of nitrogens with zero attached hydrogens (tertiary/aromatic N) is 1. The summed E-state index contributed by atoms with van der Waals surface area (Å²) in [6.07, 6.45) is 4.29. The van der Waals surface area contributed by atoms with Gasteiger partial charge >= 0.3 is 0 Å². The van der Waals surface area contributed by atoms with Gasteiger partial charge in [-0.1, -0.05) is 38.3 Å². The fraction of sp³-hybridized carbons (Fsp3) is 0.611. The molecule has 0 aliphatic carbocycles. The third kappa shape index (κ3) is 7.25. The minimum absolute atomic E-state index is 0.113. The summed E-state index contributed by atoms with van der Waals surface area (Å²) in [6, 6.07) is 5.99. The zero-order chi connectivity index (χ0) is 18.0. The number of benzene rings is 1. The second kappa shape index (κ2) is 10.2. The number of halogens is 2. The van der Waals surface area contributed by atoms with Crippen LogP contribution in [0.15, 0.2) is 24.3 Å². The van der Waals surface area contributed by atoms with E-state index in [-0.39, 0.29) is 18.0 Å². The predicted molar refractivity (Wildman–Crippen MR) is 91.5 cm³/mol. The first-order chi connectivity index (χ1) is 11.4. The number of alkyl halides is 2. The van der Waals surface area contributed by atoms with E-state index >= 15 is 0 Å². The van der Waals surface area contributed by atoms with Crippen LogP contribution in [0.4, 0.5) is 8.78 Å². The Balaban J connectivity index is 2.51. The fourth-order valence-electron chi connectivity index (χ4n) is 2.12. The summed E-state index contributed by atoms with van der Waals surface area (Å²) in [6.45, 7) is 1.96. The van der Waals surface area contributed by atoms with Gasteiger partial charge in [-0.15, -0.1) is 0 Å². The second-order valence-corrected chi connectivity index (χ2v) is 6.03. The number of nitrogens with one attached hydrogen (secondary N) is 1. The summed E-state index contributed by atoms with van der Waals surface area (Å²) < 4.78 is 34.0. The van der Waals surface area contributed by atoms with Crippen LogP contribution in [-0.4, -0.2) is 44.6 Å². The number of ether oxygens (including phenoxy) is 1. The van der Waals surface area contributed by atoms with Crippen LogP contribution in [0.5, 0.6) is 5.75 Å². The molecule has 0 heterocycles. The van der Waals surface area contributed by atoms with Crippen molar-refractivity contribution in [1.82, 2.24) is 10.2 Å². The van der Waals surface area contributed by atoms with Gasteiger partial charge in [0.25, 0.3) is 5.92 Å². The maximum atomic E-state index is 14.2. The van der Waals surface area contributed by atoms with E-state index in [0.29, 0.717) is 12.4 Å². The van der Waals surface area contributed by atoms with E-state index in [2.05, 4.69) is 12.2 Å². The summed E-state index contributed by atoms with van der Waals surface area (Å²) in [5, 5.41) is 2.51. The van der Waals surface area contributed by atoms with E-state index in [4.69, 9.17) is 4.74 Å². The first-order valence-corrected chi connectivity index (χ1v) is 8.39. The lowest BCUT2D eigenvalue weighted by atomic mass is 10.1. The highest BCUT2D eigenvalue weighted by atomic mass is 19.3. The van der Waals surface area contributed by atoms with Crippen LogP contribution in [0.2, 0.25) is 0 Å². The van der Waals surface area contributed by atoms with Crippen LogP contribution in [0, 0.1) is 0 Å². The maximum absolute atomic E-state index is 14.2. The minimum atomic E-state index is -3.06. The van der Waals surface area contributed by atoms with Crippen LogP contribution < -0.4 is 10.1 Å². The van der Waals surface area contributed by atoms with E-state index in [1.165, 1.54) is 17.0 Å². The molecule has 0 aliphatic rings. The first kappa shape index (κ1) is 20.4. The molecule has 0 saturated heterocycles. The molecule has 4 nitrogen and oxygen atoms in total. The van der Waals surface area contributed by atoms with Gasteiger partial charge in [0.1, 0.15) is 5.75 Å². The highest BCUT2D eigenvalue weighted by Crippen LogP contribution is 2.29. The lowest BCUT2D eigenvalue weighted by Gasteiger charge is -2.19. The Hall–Kier alpha value is -1.69. The van der Waals surface area contributed by atoms with Crippen molar-refractivity contribution in [2.45, 2.75) is 38.5 Å². The molecule has 0 radical (unpaired) electrons. The van der Waals surface area contributed by atoms with Crippen molar-refractivity contribution >= 4 is 5.91 Å². The third-order valence-corrected chi connectivity index (χ3v) is 3.65. The van der Waals surface area contributed by atoms with Crippen LogP contribution in [0.1, 0.15) is 38.2 Å². The molecule has 1 aromatic rings. The summed E-state index contributed by atoms with van der Waals surface area (Å²) >= 11 is 0.